The van der Waals surface area contributed by atoms with Gasteiger partial charge >= 0.3 is 0 Å². The molecule has 0 fully saturated rings. The van der Waals surface area contributed by atoms with Crippen molar-refractivity contribution in [1.82, 2.24) is 0 Å². The third-order valence-electron chi connectivity index (χ3n) is 2.40. The molecule has 1 aromatic heterocycles. The number of benzene rings is 1. The number of sulfonamides is 1. The first-order valence-electron chi connectivity index (χ1n) is 5.21. The smallest absolute Gasteiger partial charge is 0.271 e. The molecule has 0 radical (unpaired) electrons. The number of hydrogen-bond acceptors (Lipinski definition) is 4. The molecular weight excluding hydrogens is 287 g/mol. The average molecular weight is 296 g/mol. The largest absolute Gasteiger partial charge is 0.279 e. The highest BCUT2D eigenvalue weighted by Gasteiger charge is 2.18. The van der Waals surface area contributed by atoms with Gasteiger partial charge in [-0.3, -0.25) is 4.72 Å². The summed E-state index contributed by atoms with van der Waals surface area (Å²) in [6.07, 6.45) is 0. The lowest BCUT2D eigenvalue weighted by atomic mass is 10.2. The standard InChI is InChI=1S/C12H9FN2O2S2/c1-8-2-3-9(13)6-11(8)15-19(16,17)12-5-4-10(7-14)18-12/h2-6,15H,1H3. The van der Waals surface area contributed by atoms with Gasteiger partial charge in [-0.1, -0.05) is 6.07 Å². The maximum atomic E-state index is 13.1. The maximum Gasteiger partial charge on any atom is 0.271 e. The molecule has 0 atom stereocenters. The van der Waals surface area contributed by atoms with Gasteiger partial charge in [-0.2, -0.15) is 5.26 Å². The number of rotatable bonds is 3. The molecule has 0 spiro atoms. The van der Waals surface area contributed by atoms with Crippen molar-refractivity contribution in [3.05, 3.63) is 46.6 Å². The van der Waals surface area contributed by atoms with E-state index in [2.05, 4.69) is 4.72 Å². The Morgan fingerprint density at radius 1 is 1.32 bits per heavy atom. The van der Waals surface area contributed by atoms with Crippen molar-refractivity contribution in [3.63, 3.8) is 0 Å². The molecule has 2 rings (SSSR count). The number of hydrogen-bond donors (Lipinski definition) is 1. The van der Waals surface area contributed by atoms with Crippen LogP contribution in [-0.4, -0.2) is 8.42 Å². The Hall–Kier alpha value is -1.91. The van der Waals surface area contributed by atoms with E-state index in [-0.39, 0.29) is 9.90 Å². The Bertz CT molecular complexity index is 760. The fourth-order valence-electron chi connectivity index (χ4n) is 1.42. The van der Waals surface area contributed by atoms with Gasteiger partial charge in [-0.15, -0.1) is 11.3 Å². The third-order valence-corrected chi connectivity index (χ3v) is 5.25. The number of halogens is 1. The number of nitrogens with zero attached hydrogens (tertiary/aromatic N) is 1. The van der Waals surface area contributed by atoms with Gasteiger partial charge in [0.05, 0.1) is 5.69 Å². The summed E-state index contributed by atoms with van der Waals surface area (Å²) in [6, 6.07) is 8.51. The van der Waals surface area contributed by atoms with E-state index >= 15 is 0 Å². The van der Waals surface area contributed by atoms with Crippen molar-refractivity contribution >= 4 is 27.0 Å². The van der Waals surface area contributed by atoms with Gasteiger partial charge < -0.3 is 0 Å². The van der Waals surface area contributed by atoms with Crippen LogP contribution in [-0.2, 0) is 10.0 Å². The predicted octanol–water partition coefficient (Wildman–Crippen LogP) is 2.87. The molecule has 19 heavy (non-hydrogen) atoms. The monoisotopic (exact) mass is 296 g/mol. The normalized spacial score (nSPS) is 11.0. The van der Waals surface area contributed by atoms with Crippen molar-refractivity contribution in [2.24, 2.45) is 0 Å². The van der Waals surface area contributed by atoms with Crippen molar-refractivity contribution in [1.29, 1.82) is 5.26 Å². The third kappa shape index (κ3) is 2.92. The summed E-state index contributed by atoms with van der Waals surface area (Å²) in [6.45, 7) is 1.67. The first-order chi connectivity index (χ1) is 8.92. The summed E-state index contributed by atoms with van der Waals surface area (Å²) in [5, 5.41) is 8.68. The molecule has 0 amide bonds. The Labute approximate surface area is 114 Å². The molecule has 0 saturated carbocycles. The van der Waals surface area contributed by atoms with E-state index in [1.807, 2.05) is 6.07 Å². The second-order valence-electron chi connectivity index (χ2n) is 3.80. The van der Waals surface area contributed by atoms with E-state index in [4.69, 9.17) is 5.26 Å². The number of aryl methyl sites for hydroxylation is 1. The van der Waals surface area contributed by atoms with Gasteiger partial charge in [0.15, 0.2) is 0 Å². The molecule has 2 aromatic rings. The van der Waals surface area contributed by atoms with Crippen LogP contribution in [0.4, 0.5) is 10.1 Å². The van der Waals surface area contributed by atoms with E-state index in [0.29, 0.717) is 10.4 Å². The highest BCUT2D eigenvalue weighted by atomic mass is 32.2. The number of thiophene rings is 1. The van der Waals surface area contributed by atoms with Crippen LogP contribution in [0.1, 0.15) is 10.4 Å². The lowest BCUT2D eigenvalue weighted by Gasteiger charge is -2.09. The lowest BCUT2D eigenvalue weighted by molar-refractivity contribution is 0.603. The van der Waals surface area contributed by atoms with Crippen molar-refractivity contribution in [3.8, 4) is 6.07 Å². The summed E-state index contributed by atoms with van der Waals surface area (Å²) < 4.78 is 39.6. The molecule has 0 bridgehead atoms. The van der Waals surface area contributed by atoms with Crippen molar-refractivity contribution in [2.75, 3.05) is 4.72 Å². The summed E-state index contributed by atoms with van der Waals surface area (Å²) in [7, 11) is -3.79. The molecule has 98 valence electrons. The van der Waals surface area contributed by atoms with E-state index in [0.717, 1.165) is 17.4 Å². The summed E-state index contributed by atoms with van der Waals surface area (Å²) >= 11 is 0.864. The Morgan fingerprint density at radius 3 is 2.68 bits per heavy atom. The van der Waals surface area contributed by atoms with Crippen LogP contribution in [0.2, 0.25) is 0 Å². The molecule has 0 saturated heterocycles. The second-order valence-corrected chi connectivity index (χ2v) is 6.79. The number of anilines is 1. The zero-order chi connectivity index (χ0) is 14.0. The van der Waals surface area contributed by atoms with E-state index in [1.165, 1.54) is 24.3 Å². The van der Waals surface area contributed by atoms with Crippen LogP contribution in [0.5, 0.6) is 0 Å². The molecule has 0 aliphatic heterocycles. The fraction of sp³-hybridized carbons (Fsp3) is 0.0833. The molecule has 0 unspecified atom stereocenters. The summed E-state index contributed by atoms with van der Waals surface area (Å²) in [4.78, 5) is 0.302. The van der Waals surface area contributed by atoms with Crippen LogP contribution in [0.3, 0.4) is 0 Å². The van der Waals surface area contributed by atoms with Gasteiger partial charge in [0.1, 0.15) is 21.0 Å². The van der Waals surface area contributed by atoms with Crippen LogP contribution in [0.15, 0.2) is 34.5 Å². The first-order valence-corrected chi connectivity index (χ1v) is 7.51. The quantitative estimate of drug-likeness (QED) is 0.946. The molecular formula is C12H9FN2O2S2. The first kappa shape index (κ1) is 13.5. The Kier molecular flexibility index (Phi) is 3.55. The average Bonchev–Trinajstić information content (AvgIpc) is 2.83. The molecule has 4 nitrogen and oxygen atoms in total. The van der Waals surface area contributed by atoms with E-state index < -0.39 is 15.8 Å². The Balaban J connectivity index is 2.36. The van der Waals surface area contributed by atoms with E-state index in [9.17, 15) is 12.8 Å². The van der Waals surface area contributed by atoms with Crippen molar-refractivity contribution in [2.45, 2.75) is 11.1 Å². The molecule has 0 aliphatic carbocycles. The SMILES string of the molecule is Cc1ccc(F)cc1NS(=O)(=O)c1ccc(C#N)s1. The topological polar surface area (TPSA) is 70.0 Å². The number of nitrogens with one attached hydrogen (secondary N) is 1. The summed E-state index contributed by atoms with van der Waals surface area (Å²) in [5.74, 6) is -0.521. The highest BCUT2D eigenvalue weighted by Crippen LogP contribution is 2.25. The van der Waals surface area contributed by atoms with Gasteiger partial charge in [0, 0.05) is 0 Å². The maximum absolute atomic E-state index is 13.1. The predicted molar refractivity (Wildman–Crippen MR) is 71.0 cm³/mol. The zero-order valence-electron chi connectivity index (χ0n) is 9.84. The van der Waals surface area contributed by atoms with Crippen LogP contribution < -0.4 is 4.72 Å². The van der Waals surface area contributed by atoms with E-state index in [1.54, 1.807) is 6.92 Å². The number of nitriles is 1. The molecule has 0 aliphatic rings. The van der Waals surface area contributed by atoms with Gasteiger partial charge in [0.2, 0.25) is 0 Å². The fourth-order valence-corrected chi connectivity index (χ4v) is 3.65. The van der Waals surface area contributed by atoms with Crippen molar-refractivity contribution < 1.29 is 12.8 Å². The van der Waals surface area contributed by atoms with Crippen LogP contribution >= 0.6 is 11.3 Å². The Morgan fingerprint density at radius 2 is 2.05 bits per heavy atom. The lowest BCUT2D eigenvalue weighted by Crippen LogP contribution is -2.12. The minimum atomic E-state index is -3.79. The summed E-state index contributed by atoms with van der Waals surface area (Å²) in [5.41, 5.74) is 0.800. The molecule has 1 N–H and O–H groups in total. The van der Waals surface area contributed by atoms with Gasteiger partial charge in [0.25, 0.3) is 10.0 Å². The molecule has 1 aromatic carbocycles. The van der Waals surface area contributed by atoms with Crippen LogP contribution in [0.25, 0.3) is 0 Å². The van der Waals surface area contributed by atoms with Gasteiger partial charge in [-0.05, 0) is 36.8 Å². The molecule has 7 heteroatoms. The van der Waals surface area contributed by atoms with Gasteiger partial charge in [-0.25, -0.2) is 12.8 Å². The second kappa shape index (κ2) is 4.99. The molecule has 1 heterocycles. The minimum absolute atomic E-state index is 0.0210. The highest BCUT2D eigenvalue weighted by molar-refractivity contribution is 7.94. The minimum Gasteiger partial charge on any atom is -0.279 e. The van der Waals surface area contributed by atoms with Crippen LogP contribution in [0, 0.1) is 24.1 Å². The zero-order valence-corrected chi connectivity index (χ0v) is 11.5.